The SMILES string of the molecule is CC.CN1CCC(CC=O)CC1.COC.Cc1cc(C(F)(F)F)nc2c1cc(C(=O)c1c(Cl)ccc(C=O)c1Cl)n2C. The number of ether oxygens (including phenoxy) is 1. The third kappa shape index (κ3) is 9.62. The third-order valence-electron chi connectivity index (χ3n) is 6.47. The molecule has 42 heavy (non-hydrogen) atoms. The summed E-state index contributed by atoms with van der Waals surface area (Å²) in [6, 6.07) is 5.08. The Kier molecular flexibility index (Phi) is 15.4. The van der Waals surface area contributed by atoms with Gasteiger partial charge in [0.05, 0.1) is 21.3 Å². The van der Waals surface area contributed by atoms with E-state index in [1.807, 2.05) is 13.8 Å². The zero-order valence-corrected chi connectivity index (χ0v) is 26.5. The summed E-state index contributed by atoms with van der Waals surface area (Å²) >= 11 is 12.2. The van der Waals surface area contributed by atoms with Gasteiger partial charge in [-0.3, -0.25) is 9.59 Å². The van der Waals surface area contributed by atoms with Crippen molar-refractivity contribution in [2.24, 2.45) is 13.0 Å². The number of carbonyl (C=O) groups is 3. The van der Waals surface area contributed by atoms with Gasteiger partial charge < -0.3 is 19.0 Å². The molecule has 1 saturated heterocycles. The predicted molar refractivity (Wildman–Crippen MR) is 161 cm³/mol. The number of nitrogens with zero attached hydrogens (tertiary/aromatic N) is 3. The molecule has 0 aliphatic carbocycles. The summed E-state index contributed by atoms with van der Waals surface area (Å²) in [4.78, 5) is 40.2. The number of likely N-dealkylation sites (tertiary alicyclic amines) is 1. The number of carbonyl (C=O) groups excluding carboxylic acids is 3. The smallest absolute Gasteiger partial charge is 0.388 e. The molecule has 4 rings (SSSR count). The van der Waals surface area contributed by atoms with Crippen LogP contribution in [0.15, 0.2) is 24.3 Å². The molecule has 1 fully saturated rings. The highest BCUT2D eigenvalue weighted by atomic mass is 35.5. The van der Waals surface area contributed by atoms with Crippen molar-refractivity contribution in [2.75, 3.05) is 34.4 Å². The molecule has 0 N–H and O–H groups in total. The molecule has 0 radical (unpaired) electrons. The predicted octanol–water partition coefficient (Wildman–Crippen LogP) is 7.46. The Hall–Kier alpha value is -2.79. The number of pyridine rings is 1. The number of aldehydes is 2. The van der Waals surface area contributed by atoms with Gasteiger partial charge in [-0.15, -0.1) is 0 Å². The molecule has 2 aromatic heterocycles. The lowest BCUT2D eigenvalue weighted by Crippen LogP contribution is -2.30. The molecule has 3 aromatic rings. The number of halogens is 5. The van der Waals surface area contributed by atoms with Crippen LogP contribution < -0.4 is 0 Å². The van der Waals surface area contributed by atoms with E-state index < -0.39 is 17.7 Å². The number of aromatic nitrogens is 2. The van der Waals surface area contributed by atoms with Crippen molar-refractivity contribution in [2.45, 2.75) is 46.2 Å². The fourth-order valence-corrected chi connectivity index (χ4v) is 4.83. The fraction of sp³-hybridized carbons (Fsp3) is 0.467. The van der Waals surface area contributed by atoms with Gasteiger partial charge in [-0.25, -0.2) is 4.98 Å². The molecule has 0 spiro atoms. The minimum atomic E-state index is -4.61. The molecule has 0 unspecified atom stereocenters. The quantitative estimate of drug-likeness (QED) is 0.215. The second-order valence-corrected chi connectivity index (χ2v) is 10.3. The van der Waals surface area contributed by atoms with Crippen molar-refractivity contribution in [3.8, 4) is 0 Å². The first-order chi connectivity index (χ1) is 19.8. The van der Waals surface area contributed by atoms with E-state index in [1.54, 1.807) is 14.2 Å². The van der Waals surface area contributed by atoms with Crippen LogP contribution in [-0.4, -0.2) is 67.2 Å². The molecular weight excluding hydrogens is 594 g/mol. The molecule has 3 heterocycles. The van der Waals surface area contributed by atoms with Crippen LogP contribution in [0.5, 0.6) is 0 Å². The van der Waals surface area contributed by atoms with E-state index in [4.69, 9.17) is 23.2 Å². The normalized spacial score (nSPS) is 13.6. The van der Waals surface area contributed by atoms with Gasteiger partial charge in [-0.2, -0.15) is 13.2 Å². The first kappa shape index (κ1) is 37.2. The van der Waals surface area contributed by atoms with Crippen LogP contribution in [0, 0.1) is 12.8 Å². The van der Waals surface area contributed by atoms with Gasteiger partial charge in [0.1, 0.15) is 17.6 Å². The summed E-state index contributed by atoms with van der Waals surface area (Å²) in [6.07, 6.45) is 0.102. The molecule has 1 aliphatic heterocycles. The topological polar surface area (TPSA) is 81.5 Å². The van der Waals surface area contributed by atoms with Gasteiger partial charge in [0.25, 0.3) is 0 Å². The summed E-state index contributed by atoms with van der Waals surface area (Å²) < 4.78 is 44.6. The molecule has 1 aromatic carbocycles. The van der Waals surface area contributed by atoms with E-state index in [9.17, 15) is 27.6 Å². The number of hydrogen-bond donors (Lipinski definition) is 0. The lowest BCUT2D eigenvalue weighted by molar-refractivity contribution is -0.141. The highest BCUT2D eigenvalue weighted by Crippen LogP contribution is 2.34. The van der Waals surface area contributed by atoms with Crippen molar-refractivity contribution in [1.82, 2.24) is 14.5 Å². The molecular formula is C30H38Cl2F3N3O4. The molecule has 0 bridgehead atoms. The number of rotatable bonds is 5. The number of fused-ring (bicyclic) bond motifs is 1. The minimum Gasteiger partial charge on any atom is -0.388 e. The van der Waals surface area contributed by atoms with Crippen LogP contribution in [0.3, 0.4) is 0 Å². The van der Waals surface area contributed by atoms with Crippen LogP contribution in [0.1, 0.15) is 70.8 Å². The molecule has 0 amide bonds. The van der Waals surface area contributed by atoms with Crippen LogP contribution in [0.2, 0.25) is 10.0 Å². The molecule has 1 aliphatic rings. The van der Waals surface area contributed by atoms with Crippen LogP contribution >= 0.6 is 23.2 Å². The first-order valence-corrected chi connectivity index (χ1v) is 14.1. The third-order valence-corrected chi connectivity index (χ3v) is 7.19. The Labute approximate surface area is 254 Å². The zero-order valence-electron chi connectivity index (χ0n) is 24.9. The number of piperidine rings is 1. The average Bonchev–Trinajstić information content (AvgIpc) is 3.28. The average molecular weight is 633 g/mol. The number of hydrogen-bond acceptors (Lipinski definition) is 6. The van der Waals surface area contributed by atoms with Gasteiger partial charge in [0.2, 0.25) is 5.78 Å². The largest absolute Gasteiger partial charge is 0.433 e. The van der Waals surface area contributed by atoms with Crippen molar-refractivity contribution in [3.05, 3.63) is 62.4 Å². The highest BCUT2D eigenvalue weighted by molar-refractivity contribution is 6.42. The van der Waals surface area contributed by atoms with Gasteiger partial charge in [-0.1, -0.05) is 37.0 Å². The first-order valence-electron chi connectivity index (χ1n) is 13.3. The summed E-state index contributed by atoms with van der Waals surface area (Å²) in [5.41, 5.74) is -0.692. The lowest BCUT2D eigenvalue weighted by atomic mass is 9.95. The molecule has 0 atom stereocenters. The maximum Gasteiger partial charge on any atom is 0.433 e. The van der Waals surface area contributed by atoms with Crippen molar-refractivity contribution in [1.29, 1.82) is 0 Å². The van der Waals surface area contributed by atoms with Crippen LogP contribution in [0.4, 0.5) is 13.2 Å². The summed E-state index contributed by atoms with van der Waals surface area (Å²) in [5, 5.41) is 0.308. The molecule has 0 saturated carbocycles. The zero-order chi connectivity index (χ0) is 32.2. The number of aryl methyl sites for hydroxylation is 2. The number of ketones is 1. The van der Waals surface area contributed by atoms with Crippen molar-refractivity contribution < 1.29 is 32.3 Å². The fourth-order valence-electron chi connectivity index (χ4n) is 4.24. The Bertz CT molecular complexity index is 1350. The summed E-state index contributed by atoms with van der Waals surface area (Å²) in [5.74, 6) is 0.0517. The van der Waals surface area contributed by atoms with E-state index in [1.165, 1.54) is 62.7 Å². The van der Waals surface area contributed by atoms with Crippen molar-refractivity contribution >= 4 is 52.6 Å². The van der Waals surface area contributed by atoms with E-state index in [0.717, 1.165) is 18.8 Å². The Morgan fingerprint density at radius 2 is 1.67 bits per heavy atom. The van der Waals surface area contributed by atoms with E-state index in [-0.39, 0.29) is 32.5 Å². The highest BCUT2D eigenvalue weighted by Gasteiger charge is 2.34. The van der Waals surface area contributed by atoms with E-state index in [0.29, 0.717) is 23.2 Å². The molecule has 12 heteroatoms. The maximum absolute atomic E-state index is 13.0. The van der Waals surface area contributed by atoms with Gasteiger partial charge in [0.15, 0.2) is 6.29 Å². The Balaban J connectivity index is 0.000000488. The Morgan fingerprint density at radius 3 is 2.17 bits per heavy atom. The number of benzene rings is 1. The van der Waals surface area contributed by atoms with Crippen LogP contribution in [0.25, 0.3) is 11.0 Å². The monoisotopic (exact) mass is 631 g/mol. The van der Waals surface area contributed by atoms with Gasteiger partial charge in [0, 0.05) is 38.6 Å². The van der Waals surface area contributed by atoms with Crippen molar-refractivity contribution in [3.63, 3.8) is 0 Å². The number of methoxy groups -OCH3 is 1. The lowest BCUT2D eigenvalue weighted by Gasteiger charge is -2.27. The van der Waals surface area contributed by atoms with Crippen LogP contribution in [-0.2, 0) is 22.8 Å². The summed E-state index contributed by atoms with van der Waals surface area (Å²) in [6.45, 7) is 7.83. The standard InChI is InChI=1S/C18H11Cl2F3N2O2.C8H15NO.C2H6O.C2H6/c1-8-5-13(18(21,22)23)24-17-10(8)6-12(25(17)2)16(27)14-11(19)4-3-9(7-26)15(14)20;1-9-5-2-8(3-6-9)4-7-10;1-3-2;1-2/h3-7H,1-2H3;7-8H,2-6H2,1H3;1-2H3;1-2H3. The summed E-state index contributed by atoms with van der Waals surface area (Å²) in [7, 11) is 6.81. The second kappa shape index (κ2) is 17.4. The van der Waals surface area contributed by atoms with E-state index >= 15 is 0 Å². The van der Waals surface area contributed by atoms with Gasteiger partial charge in [-0.05, 0) is 75.6 Å². The number of alkyl halides is 3. The minimum absolute atomic E-state index is 0.00413. The van der Waals surface area contributed by atoms with Gasteiger partial charge >= 0.3 is 6.18 Å². The van der Waals surface area contributed by atoms with E-state index in [2.05, 4.69) is 21.7 Å². The maximum atomic E-state index is 13.0. The molecule has 232 valence electrons. The Morgan fingerprint density at radius 1 is 1.10 bits per heavy atom. The molecule has 7 nitrogen and oxygen atoms in total. The second-order valence-electron chi connectivity index (χ2n) is 9.48.